The second-order valence-electron chi connectivity index (χ2n) is 5.64. The van der Waals surface area contributed by atoms with Crippen LogP contribution in [-0.2, 0) is 16.0 Å². The summed E-state index contributed by atoms with van der Waals surface area (Å²) >= 11 is 0. The monoisotopic (exact) mass is 279 g/mol. The average Bonchev–Trinajstić information content (AvgIpc) is 3.29. The number of halogens is 1. The minimum atomic E-state index is -0.155. The van der Waals surface area contributed by atoms with Crippen molar-refractivity contribution in [3.63, 3.8) is 0 Å². The van der Waals surface area contributed by atoms with Crippen LogP contribution < -0.4 is 0 Å². The molecule has 0 unspecified atom stereocenters. The Morgan fingerprint density at radius 3 is 2.70 bits per heavy atom. The van der Waals surface area contributed by atoms with Gasteiger partial charge in [-0.2, -0.15) is 0 Å². The molecule has 1 saturated heterocycles. The van der Waals surface area contributed by atoms with Gasteiger partial charge in [0.05, 0.1) is 13.2 Å². The van der Waals surface area contributed by atoms with Crippen LogP contribution in [-0.4, -0.2) is 37.0 Å². The summed E-state index contributed by atoms with van der Waals surface area (Å²) in [6.07, 6.45) is 4.33. The molecular formula is C16H22FNO2. The largest absolute Gasteiger partial charge is 0.353 e. The van der Waals surface area contributed by atoms with E-state index in [2.05, 4.69) is 4.90 Å². The smallest absolute Gasteiger partial charge is 0.158 e. The Morgan fingerprint density at radius 1 is 1.20 bits per heavy atom. The zero-order valence-corrected chi connectivity index (χ0v) is 11.8. The summed E-state index contributed by atoms with van der Waals surface area (Å²) in [5, 5.41) is 0. The van der Waals surface area contributed by atoms with E-state index in [1.165, 1.54) is 18.9 Å². The molecule has 110 valence electrons. The van der Waals surface area contributed by atoms with Crippen molar-refractivity contribution in [1.29, 1.82) is 0 Å². The Kier molecular flexibility index (Phi) is 4.65. The van der Waals surface area contributed by atoms with Gasteiger partial charge in [-0.05, 0) is 37.0 Å². The maximum absolute atomic E-state index is 13.3. The highest BCUT2D eigenvalue weighted by atomic mass is 19.1. The normalized spacial score (nSPS) is 20.5. The van der Waals surface area contributed by atoms with E-state index in [1.54, 1.807) is 12.1 Å². The number of ether oxygens (including phenoxy) is 2. The van der Waals surface area contributed by atoms with E-state index in [4.69, 9.17) is 9.47 Å². The molecule has 0 atom stereocenters. The lowest BCUT2D eigenvalue weighted by Gasteiger charge is -2.27. The van der Waals surface area contributed by atoms with Gasteiger partial charge < -0.3 is 9.47 Å². The highest BCUT2D eigenvalue weighted by Crippen LogP contribution is 2.29. The van der Waals surface area contributed by atoms with Gasteiger partial charge in [-0.1, -0.05) is 12.1 Å². The van der Waals surface area contributed by atoms with E-state index < -0.39 is 0 Å². The Balaban J connectivity index is 1.53. The summed E-state index contributed by atoms with van der Waals surface area (Å²) in [6.45, 7) is 3.37. The number of hydrogen-bond acceptors (Lipinski definition) is 3. The molecular weight excluding hydrogens is 257 g/mol. The molecule has 3 rings (SSSR count). The summed E-state index contributed by atoms with van der Waals surface area (Å²) in [7, 11) is 0. The van der Waals surface area contributed by atoms with Crippen molar-refractivity contribution in [2.24, 2.45) is 0 Å². The lowest BCUT2D eigenvalue weighted by atomic mass is 10.2. The second-order valence-corrected chi connectivity index (χ2v) is 5.64. The van der Waals surface area contributed by atoms with Gasteiger partial charge in [-0.25, -0.2) is 4.39 Å². The van der Waals surface area contributed by atoms with E-state index in [0.29, 0.717) is 6.04 Å². The summed E-state index contributed by atoms with van der Waals surface area (Å²) in [5.41, 5.74) is 1.04. The van der Waals surface area contributed by atoms with Crippen molar-refractivity contribution in [3.8, 4) is 0 Å². The number of hydrogen-bond donors (Lipinski definition) is 0. The van der Waals surface area contributed by atoms with Crippen LogP contribution in [0, 0.1) is 5.82 Å². The van der Waals surface area contributed by atoms with E-state index in [1.807, 2.05) is 6.07 Å². The summed E-state index contributed by atoms with van der Waals surface area (Å²) in [4.78, 5) is 2.43. The van der Waals surface area contributed by atoms with Crippen LogP contribution in [0.5, 0.6) is 0 Å². The third-order valence-electron chi connectivity index (χ3n) is 3.89. The molecule has 20 heavy (non-hydrogen) atoms. The van der Waals surface area contributed by atoms with Crippen LogP contribution >= 0.6 is 0 Å². The first-order valence-electron chi connectivity index (χ1n) is 7.53. The van der Waals surface area contributed by atoms with Crippen LogP contribution in [0.4, 0.5) is 4.39 Å². The van der Waals surface area contributed by atoms with Crippen LogP contribution in [0.2, 0.25) is 0 Å². The molecule has 2 aliphatic rings. The van der Waals surface area contributed by atoms with Crippen molar-refractivity contribution < 1.29 is 13.9 Å². The van der Waals surface area contributed by atoms with Crippen molar-refractivity contribution in [2.75, 3.05) is 19.8 Å². The molecule has 1 aromatic rings. The number of nitrogens with zero attached hydrogens (tertiary/aromatic N) is 1. The molecule has 1 heterocycles. The predicted molar refractivity (Wildman–Crippen MR) is 74.8 cm³/mol. The quantitative estimate of drug-likeness (QED) is 0.799. The molecule has 0 radical (unpaired) electrons. The molecule has 0 amide bonds. The third-order valence-corrected chi connectivity index (χ3v) is 3.89. The van der Waals surface area contributed by atoms with Gasteiger partial charge in [0.15, 0.2) is 6.29 Å². The van der Waals surface area contributed by atoms with Gasteiger partial charge in [0.25, 0.3) is 0 Å². The molecule has 0 spiro atoms. The fourth-order valence-electron chi connectivity index (χ4n) is 2.67. The number of benzene rings is 1. The Morgan fingerprint density at radius 2 is 2.00 bits per heavy atom. The average molecular weight is 279 g/mol. The van der Waals surface area contributed by atoms with Gasteiger partial charge in [0, 0.05) is 25.6 Å². The summed E-state index contributed by atoms with van der Waals surface area (Å²) in [5.74, 6) is -0.155. The molecule has 4 heteroatoms. The standard InChI is InChI=1S/C16H22FNO2/c17-14-4-1-3-13(11-14)12-18(15-5-6-15)8-7-16-19-9-2-10-20-16/h1,3-4,11,15-16H,2,5-10,12H2. The number of rotatable bonds is 6. The fourth-order valence-corrected chi connectivity index (χ4v) is 2.67. The minimum Gasteiger partial charge on any atom is -0.353 e. The topological polar surface area (TPSA) is 21.7 Å². The van der Waals surface area contributed by atoms with Gasteiger partial charge in [0.2, 0.25) is 0 Å². The predicted octanol–water partition coefficient (Wildman–Crippen LogP) is 2.94. The van der Waals surface area contributed by atoms with E-state index >= 15 is 0 Å². The zero-order valence-electron chi connectivity index (χ0n) is 11.8. The van der Waals surface area contributed by atoms with Gasteiger partial charge in [-0.3, -0.25) is 4.90 Å². The molecule has 1 aliphatic carbocycles. The molecule has 1 aliphatic heterocycles. The van der Waals surface area contributed by atoms with E-state index in [9.17, 15) is 4.39 Å². The lowest BCUT2D eigenvalue weighted by Crippen LogP contribution is -2.32. The second kappa shape index (κ2) is 6.66. The molecule has 2 fully saturated rings. The Labute approximate surface area is 119 Å². The molecule has 0 bridgehead atoms. The van der Waals surface area contributed by atoms with Crippen molar-refractivity contribution in [1.82, 2.24) is 4.90 Å². The maximum Gasteiger partial charge on any atom is 0.158 e. The van der Waals surface area contributed by atoms with Crippen LogP contribution in [0.25, 0.3) is 0 Å². The highest BCUT2D eigenvalue weighted by Gasteiger charge is 2.29. The first kappa shape index (κ1) is 14.0. The lowest BCUT2D eigenvalue weighted by molar-refractivity contribution is -0.182. The van der Waals surface area contributed by atoms with Crippen LogP contribution in [0.1, 0.15) is 31.2 Å². The van der Waals surface area contributed by atoms with Gasteiger partial charge >= 0.3 is 0 Å². The van der Waals surface area contributed by atoms with Gasteiger partial charge in [-0.15, -0.1) is 0 Å². The molecule has 3 nitrogen and oxygen atoms in total. The van der Waals surface area contributed by atoms with Crippen molar-refractivity contribution >= 4 is 0 Å². The third kappa shape index (κ3) is 4.01. The van der Waals surface area contributed by atoms with Crippen molar-refractivity contribution in [2.45, 2.75) is 44.6 Å². The Bertz CT molecular complexity index is 430. The summed E-state index contributed by atoms with van der Waals surface area (Å²) in [6, 6.07) is 7.55. The zero-order chi connectivity index (χ0) is 13.8. The van der Waals surface area contributed by atoms with E-state index in [0.717, 1.165) is 44.7 Å². The molecule has 1 saturated carbocycles. The molecule has 0 N–H and O–H groups in total. The first-order chi connectivity index (χ1) is 9.81. The SMILES string of the molecule is Fc1cccc(CN(CCC2OCCCO2)C2CC2)c1. The maximum atomic E-state index is 13.3. The Hall–Kier alpha value is -0.970. The van der Waals surface area contributed by atoms with Gasteiger partial charge in [0.1, 0.15) is 5.82 Å². The minimum absolute atomic E-state index is 0.0579. The van der Waals surface area contributed by atoms with E-state index in [-0.39, 0.29) is 12.1 Å². The molecule has 1 aromatic carbocycles. The highest BCUT2D eigenvalue weighted by molar-refractivity contribution is 5.16. The summed E-state index contributed by atoms with van der Waals surface area (Å²) < 4.78 is 24.4. The van der Waals surface area contributed by atoms with Crippen LogP contribution in [0.15, 0.2) is 24.3 Å². The first-order valence-corrected chi connectivity index (χ1v) is 7.53. The fraction of sp³-hybridized carbons (Fsp3) is 0.625. The van der Waals surface area contributed by atoms with Crippen molar-refractivity contribution in [3.05, 3.63) is 35.6 Å². The van der Waals surface area contributed by atoms with Crippen LogP contribution in [0.3, 0.4) is 0 Å². The molecule has 0 aromatic heterocycles.